The summed E-state index contributed by atoms with van der Waals surface area (Å²) < 4.78 is 18.7. The minimum Gasteiger partial charge on any atom is -0.451 e. The van der Waals surface area contributed by atoms with Crippen LogP contribution >= 0.6 is 11.3 Å². The summed E-state index contributed by atoms with van der Waals surface area (Å²) in [4.78, 5) is 35.1. The predicted octanol–water partition coefficient (Wildman–Crippen LogP) is 2.82. The molecule has 24 heavy (non-hydrogen) atoms. The summed E-state index contributed by atoms with van der Waals surface area (Å²) in [6.07, 6.45) is 1.73. The monoisotopic (exact) mass is 352 g/mol. The van der Waals surface area contributed by atoms with Gasteiger partial charge in [-0.05, 0) is 36.1 Å². The zero-order chi connectivity index (χ0) is 17.5. The van der Waals surface area contributed by atoms with Crippen LogP contribution in [0.25, 0.3) is 10.1 Å². The second-order valence-corrected chi connectivity index (χ2v) is 6.11. The number of hydrogen-bond acceptors (Lipinski definition) is 5. The van der Waals surface area contributed by atoms with Crippen molar-refractivity contribution in [3.8, 4) is 0 Å². The van der Waals surface area contributed by atoms with Gasteiger partial charge >= 0.3 is 12.0 Å². The Morgan fingerprint density at radius 3 is 2.79 bits per heavy atom. The van der Waals surface area contributed by atoms with E-state index in [1.54, 1.807) is 6.07 Å². The normalized spacial score (nSPS) is 10.4. The second-order valence-electron chi connectivity index (χ2n) is 5.03. The molecule has 0 aliphatic carbocycles. The first-order valence-corrected chi connectivity index (χ1v) is 8.25. The molecular formula is C16H17FN2O4S. The van der Waals surface area contributed by atoms with Crippen molar-refractivity contribution >= 4 is 39.3 Å². The zero-order valence-corrected chi connectivity index (χ0v) is 13.9. The van der Waals surface area contributed by atoms with Crippen molar-refractivity contribution in [1.82, 2.24) is 10.6 Å². The summed E-state index contributed by atoms with van der Waals surface area (Å²) in [6.45, 7) is 1.88. The molecule has 0 radical (unpaired) electrons. The molecular weight excluding hydrogens is 335 g/mol. The number of rotatable bonds is 6. The third-order valence-electron chi connectivity index (χ3n) is 3.08. The van der Waals surface area contributed by atoms with E-state index in [-0.39, 0.29) is 4.88 Å². The van der Waals surface area contributed by atoms with Crippen molar-refractivity contribution in [3.05, 3.63) is 35.0 Å². The molecule has 1 heterocycles. The van der Waals surface area contributed by atoms with Gasteiger partial charge in [0.15, 0.2) is 6.61 Å². The topological polar surface area (TPSA) is 84.5 Å². The molecule has 0 bridgehead atoms. The number of hydrogen-bond donors (Lipinski definition) is 2. The molecule has 0 spiro atoms. The van der Waals surface area contributed by atoms with Crippen LogP contribution in [0.5, 0.6) is 0 Å². The Balaban J connectivity index is 1.83. The summed E-state index contributed by atoms with van der Waals surface area (Å²) >= 11 is 1.14. The highest BCUT2D eigenvalue weighted by Gasteiger charge is 2.15. The fourth-order valence-electron chi connectivity index (χ4n) is 1.90. The van der Waals surface area contributed by atoms with Crippen molar-refractivity contribution in [2.45, 2.75) is 19.8 Å². The first-order chi connectivity index (χ1) is 11.5. The molecule has 0 atom stereocenters. The van der Waals surface area contributed by atoms with Crippen LogP contribution in [0, 0.1) is 5.82 Å². The lowest BCUT2D eigenvalue weighted by atomic mass is 10.2. The lowest BCUT2D eigenvalue weighted by Crippen LogP contribution is -2.41. The van der Waals surface area contributed by atoms with Gasteiger partial charge in [0.25, 0.3) is 5.91 Å². The molecule has 1 aromatic heterocycles. The summed E-state index contributed by atoms with van der Waals surface area (Å²) in [6, 6.07) is 5.07. The number of benzene rings is 1. The Bertz CT molecular complexity index is 760. The maximum Gasteiger partial charge on any atom is 0.348 e. The molecule has 6 nitrogen and oxygen atoms in total. The Labute approximate surface area is 142 Å². The molecule has 0 unspecified atom stereocenters. The molecule has 2 aromatic rings. The van der Waals surface area contributed by atoms with Gasteiger partial charge < -0.3 is 10.1 Å². The van der Waals surface area contributed by atoms with E-state index >= 15 is 0 Å². The minimum absolute atomic E-state index is 0.260. The van der Waals surface area contributed by atoms with Gasteiger partial charge in [0.1, 0.15) is 10.7 Å². The molecule has 0 saturated carbocycles. The lowest BCUT2D eigenvalue weighted by molar-refractivity contribution is -0.123. The third kappa shape index (κ3) is 5.02. The highest BCUT2D eigenvalue weighted by molar-refractivity contribution is 7.20. The SMILES string of the molecule is CCCCNC(=O)NC(=O)COC(=O)c1cc2cc(F)ccc2s1. The van der Waals surface area contributed by atoms with Gasteiger partial charge in [0.2, 0.25) is 0 Å². The number of ether oxygens (including phenoxy) is 1. The van der Waals surface area contributed by atoms with Crippen LogP contribution in [-0.4, -0.2) is 31.1 Å². The number of fused-ring (bicyclic) bond motifs is 1. The zero-order valence-electron chi connectivity index (χ0n) is 13.1. The van der Waals surface area contributed by atoms with Crippen molar-refractivity contribution in [2.75, 3.05) is 13.2 Å². The van der Waals surface area contributed by atoms with E-state index < -0.39 is 30.3 Å². The maximum atomic E-state index is 13.1. The van der Waals surface area contributed by atoms with Gasteiger partial charge in [-0.1, -0.05) is 13.3 Å². The number of halogens is 1. The number of nitrogens with one attached hydrogen (secondary N) is 2. The highest BCUT2D eigenvalue weighted by atomic mass is 32.1. The molecule has 2 rings (SSSR count). The summed E-state index contributed by atoms with van der Waals surface area (Å²) in [5.74, 6) is -1.81. The van der Waals surface area contributed by atoms with Crippen LogP contribution in [0.2, 0.25) is 0 Å². The maximum absolute atomic E-state index is 13.1. The molecule has 0 fully saturated rings. The fraction of sp³-hybridized carbons (Fsp3) is 0.312. The van der Waals surface area contributed by atoms with E-state index in [0.29, 0.717) is 11.9 Å². The average molecular weight is 352 g/mol. The molecule has 0 aliphatic heterocycles. The Morgan fingerprint density at radius 2 is 2.04 bits per heavy atom. The van der Waals surface area contributed by atoms with Crippen LogP contribution < -0.4 is 10.6 Å². The van der Waals surface area contributed by atoms with E-state index in [4.69, 9.17) is 4.74 Å². The van der Waals surface area contributed by atoms with Gasteiger partial charge in [-0.2, -0.15) is 0 Å². The Morgan fingerprint density at radius 1 is 1.25 bits per heavy atom. The fourth-order valence-corrected chi connectivity index (χ4v) is 2.84. The van der Waals surface area contributed by atoms with Crippen molar-refractivity contribution < 1.29 is 23.5 Å². The number of amides is 3. The van der Waals surface area contributed by atoms with Gasteiger partial charge in [-0.25, -0.2) is 14.0 Å². The van der Waals surface area contributed by atoms with Gasteiger partial charge in [0, 0.05) is 11.2 Å². The lowest BCUT2D eigenvalue weighted by Gasteiger charge is -2.06. The van der Waals surface area contributed by atoms with Crippen LogP contribution in [0.15, 0.2) is 24.3 Å². The largest absolute Gasteiger partial charge is 0.451 e. The number of thiophene rings is 1. The number of carbonyl (C=O) groups is 3. The minimum atomic E-state index is -0.718. The molecule has 1 aromatic carbocycles. The molecule has 3 amide bonds. The van der Waals surface area contributed by atoms with Crippen LogP contribution in [0.3, 0.4) is 0 Å². The molecule has 0 saturated heterocycles. The number of urea groups is 1. The quantitative estimate of drug-likeness (QED) is 0.618. The standard InChI is InChI=1S/C16H17FN2O4S/c1-2-3-6-18-16(22)19-14(20)9-23-15(21)13-8-10-7-11(17)4-5-12(10)24-13/h4-5,7-8H,2-3,6,9H2,1H3,(H2,18,19,20,22). The van der Waals surface area contributed by atoms with E-state index in [1.807, 2.05) is 6.92 Å². The Hall–Kier alpha value is -2.48. The van der Waals surface area contributed by atoms with E-state index in [9.17, 15) is 18.8 Å². The third-order valence-corrected chi connectivity index (χ3v) is 4.18. The average Bonchev–Trinajstić information content (AvgIpc) is 2.96. The number of unbranched alkanes of at least 4 members (excludes halogenated alkanes) is 1. The van der Waals surface area contributed by atoms with E-state index in [0.717, 1.165) is 28.9 Å². The van der Waals surface area contributed by atoms with Crippen LogP contribution in [0.4, 0.5) is 9.18 Å². The number of carbonyl (C=O) groups excluding carboxylic acids is 3. The summed E-state index contributed by atoms with van der Waals surface area (Å²) in [5.41, 5.74) is 0. The van der Waals surface area contributed by atoms with Crippen molar-refractivity contribution in [2.24, 2.45) is 0 Å². The van der Waals surface area contributed by atoms with E-state index in [2.05, 4.69) is 10.6 Å². The van der Waals surface area contributed by atoms with Gasteiger partial charge in [-0.3, -0.25) is 10.1 Å². The predicted molar refractivity (Wildman–Crippen MR) is 88.5 cm³/mol. The first-order valence-electron chi connectivity index (χ1n) is 7.43. The molecule has 8 heteroatoms. The highest BCUT2D eigenvalue weighted by Crippen LogP contribution is 2.26. The van der Waals surface area contributed by atoms with E-state index in [1.165, 1.54) is 18.2 Å². The molecule has 128 valence electrons. The number of esters is 1. The van der Waals surface area contributed by atoms with Gasteiger partial charge in [-0.15, -0.1) is 11.3 Å². The van der Waals surface area contributed by atoms with Crippen molar-refractivity contribution in [3.63, 3.8) is 0 Å². The molecule has 0 aliphatic rings. The van der Waals surface area contributed by atoms with Crippen LogP contribution in [0.1, 0.15) is 29.4 Å². The smallest absolute Gasteiger partial charge is 0.348 e. The molecule has 2 N–H and O–H groups in total. The second kappa shape index (κ2) is 8.39. The van der Waals surface area contributed by atoms with Gasteiger partial charge in [0.05, 0.1) is 0 Å². The number of imide groups is 1. The summed E-state index contributed by atoms with van der Waals surface area (Å²) in [5, 5.41) is 5.17. The first kappa shape index (κ1) is 17.9. The van der Waals surface area contributed by atoms with Crippen LogP contribution in [-0.2, 0) is 9.53 Å². The Kier molecular flexibility index (Phi) is 6.25. The summed E-state index contributed by atoms with van der Waals surface area (Å²) in [7, 11) is 0. The van der Waals surface area contributed by atoms with Crippen molar-refractivity contribution in [1.29, 1.82) is 0 Å².